The number of benzene rings is 2. The van der Waals surface area contributed by atoms with Crippen molar-refractivity contribution in [3.05, 3.63) is 69.6 Å². The van der Waals surface area contributed by atoms with Crippen molar-refractivity contribution in [1.82, 2.24) is 9.88 Å². The molecule has 1 aromatic heterocycles. The highest BCUT2D eigenvalue weighted by Gasteiger charge is 2.27. The van der Waals surface area contributed by atoms with Crippen molar-refractivity contribution >= 4 is 16.9 Å². The smallest absolute Gasteiger partial charge is 0.405 e. The highest BCUT2D eigenvalue weighted by molar-refractivity contribution is 5.94. The van der Waals surface area contributed by atoms with Gasteiger partial charge in [0.1, 0.15) is 5.75 Å². The van der Waals surface area contributed by atoms with E-state index in [1.54, 1.807) is 25.1 Å². The first kappa shape index (κ1) is 17.1. The van der Waals surface area contributed by atoms with Crippen LogP contribution in [0.4, 0.5) is 4.79 Å². The maximum atomic E-state index is 13.4. The first-order valence-corrected chi connectivity index (χ1v) is 8.96. The van der Waals surface area contributed by atoms with Crippen LogP contribution in [0, 0.1) is 0 Å². The van der Waals surface area contributed by atoms with Crippen molar-refractivity contribution in [3.8, 4) is 11.4 Å². The Bertz CT molecular complexity index is 1100. The molecule has 1 atom stereocenters. The number of nitrogens with one attached hydrogen (secondary N) is 1. The molecule has 6 nitrogen and oxygen atoms in total. The fourth-order valence-electron chi connectivity index (χ4n) is 4.14. The van der Waals surface area contributed by atoms with Crippen molar-refractivity contribution in [2.24, 2.45) is 0 Å². The number of aryl methyl sites for hydroxylation is 2. The van der Waals surface area contributed by atoms with Gasteiger partial charge in [-0.3, -0.25) is 9.36 Å². The molecule has 6 heteroatoms. The van der Waals surface area contributed by atoms with E-state index in [1.165, 1.54) is 4.57 Å². The summed E-state index contributed by atoms with van der Waals surface area (Å²) in [7, 11) is 0. The first-order chi connectivity index (χ1) is 13.0. The summed E-state index contributed by atoms with van der Waals surface area (Å²) < 4.78 is 1.53. The van der Waals surface area contributed by atoms with Gasteiger partial charge < -0.3 is 15.5 Å². The zero-order chi connectivity index (χ0) is 19.1. The number of phenols is 1. The number of phenolic OH excluding ortho intramolecular Hbond substituents is 1. The lowest BCUT2D eigenvalue weighted by Crippen LogP contribution is -2.33. The monoisotopic (exact) mass is 364 g/mol. The number of para-hydroxylation sites is 1. The van der Waals surface area contributed by atoms with Gasteiger partial charge >= 0.3 is 6.09 Å². The Morgan fingerprint density at radius 2 is 1.85 bits per heavy atom. The van der Waals surface area contributed by atoms with Gasteiger partial charge in [0.25, 0.3) is 5.56 Å². The van der Waals surface area contributed by atoms with Crippen LogP contribution in [0.5, 0.6) is 5.75 Å². The molecule has 3 aromatic rings. The quantitative estimate of drug-likeness (QED) is 0.663. The van der Waals surface area contributed by atoms with Crippen LogP contribution in [0.1, 0.15) is 36.2 Å². The molecule has 0 fully saturated rings. The predicted octanol–water partition coefficient (Wildman–Crippen LogP) is 3.51. The molecule has 3 N–H and O–H groups in total. The highest BCUT2D eigenvalue weighted by Crippen LogP contribution is 2.37. The number of pyridine rings is 1. The van der Waals surface area contributed by atoms with E-state index in [0.717, 1.165) is 35.8 Å². The third-order valence-electron chi connectivity index (χ3n) is 5.18. The highest BCUT2D eigenvalue weighted by atomic mass is 16.4. The third-order valence-corrected chi connectivity index (χ3v) is 5.18. The molecule has 0 bridgehead atoms. The van der Waals surface area contributed by atoms with Crippen LogP contribution in [0.3, 0.4) is 0 Å². The summed E-state index contributed by atoms with van der Waals surface area (Å²) in [6, 6.07) is 12.0. The van der Waals surface area contributed by atoms with E-state index in [4.69, 9.17) is 0 Å². The van der Waals surface area contributed by atoms with E-state index >= 15 is 0 Å². The van der Waals surface area contributed by atoms with E-state index in [9.17, 15) is 19.8 Å². The van der Waals surface area contributed by atoms with Gasteiger partial charge in [-0.2, -0.15) is 0 Å². The second kappa shape index (κ2) is 6.46. The van der Waals surface area contributed by atoms with E-state index in [2.05, 4.69) is 5.32 Å². The number of carboxylic acid groups (broad SMARTS) is 1. The summed E-state index contributed by atoms with van der Waals surface area (Å²) in [4.78, 5) is 24.7. The summed E-state index contributed by atoms with van der Waals surface area (Å²) in [6.45, 7) is 1.74. The molecule has 0 aliphatic heterocycles. The Hall–Kier alpha value is -3.28. The Labute approximate surface area is 155 Å². The molecule has 1 unspecified atom stereocenters. The third kappa shape index (κ3) is 2.73. The number of amides is 1. The molecule has 1 heterocycles. The molecular formula is C21H20N2O4. The number of hydrogen-bond donors (Lipinski definition) is 3. The maximum Gasteiger partial charge on any atom is 0.405 e. The largest absolute Gasteiger partial charge is 0.507 e. The summed E-state index contributed by atoms with van der Waals surface area (Å²) in [5.74, 6) is -0.0445. The van der Waals surface area contributed by atoms with Crippen LogP contribution in [-0.2, 0) is 12.8 Å². The van der Waals surface area contributed by atoms with Gasteiger partial charge in [-0.25, -0.2) is 4.79 Å². The topological polar surface area (TPSA) is 91.6 Å². The van der Waals surface area contributed by atoms with Crippen LogP contribution in [0.2, 0.25) is 0 Å². The number of aromatic nitrogens is 1. The minimum atomic E-state index is -1.14. The summed E-state index contributed by atoms with van der Waals surface area (Å²) >= 11 is 0. The molecule has 27 heavy (non-hydrogen) atoms. The van der Waals surface area contributed by atoms with Crippen LogP contribution >= 0.6 is 0 Å². The van der Waals surface area contributed by atoms with Gasteiger partial charge in [-0.05, 0) is 60.9 Å². The van der Waals surface area contributed by atoms with Crippen LogP contribution in [-0.4, -0.2) is 20.9 Å². The van der Waals surface area contributed by atoms with E-state index in [0.29, 0.717) is 16.8 Å². The number of carbonyl (C=O) groups is 1. The van der Waals surface area contributed by atoms with Crippen LogP contribution < -0.4 is 10.9 Å². The lowest BCUT2D eigenvalue weighted by Gasteiger charge is -2.27. The molecule has 2 aromatic carbocycles. The van der Waals surface area contributed by atoms with Crippen molar-refractivity contribution in [2.75, 3.05) is 0 Å². The Balaban J connectivity index is 2.17. The molecule has 1 aliphatic rings. The molecule has 0 saturated carbocycles. The fourth-order valence-corrected chi connectivity index (χ4v) is 4.14. The van der Waals surface area contributed by atoms with Gasteiger partial charge in [0.05, 0.1) is 17.1 Å². The van der Waals surface area contributed by atoms with E-state index < -0.39 is 12.1 Å². The van der Waals surface area contributed by atoms with Crippen LogP contribution in [0.15, 0.2) is 47.3 Å². The molecular weight excluding hydrogens is 344 g/mol. The first-order valence-electron chi connectivity index (χ1n) is 8.96. The predicted molar refractivity (Wildman–Crippen MR) is 103 cm³/mol. The molecule has 1 aliphatic carbocycles. The van der Waals surface area contributed by atoms with Gasteiger partial charge in [0.2, 0.25) is 0 Å². The normalized spacial score (nSPS) is 14.1. The van der Waals surface area contributed by atoms with Crippen LogP contribution in [0.25, 0.3) is 16.5 Å². The molecule has 0 saturated heterocycles. The van der Waals surface area contributed by atoms with Gasteiger partial charge in [0, 0.05) is 5.69 Å². The lowest BCUT2D eigenvalue weighted by molar-refractivity contribution is 0.190. The molecule has 138 valence electrons. The summed E-state index contributed by atoms with van der Waals surface area (Å²) in [6.07, 6.45) is 1.32. The minimum Gasteiger partial charge on any atom is -0.507 e. The summed E-state index contributed by atoms with van der Waals surface area (Å²) in [5.41, 5.74) is 2.88. The van der Waals surface area contributed by atoms with Crippen molar-refractivity contribution in [1.29, 1.82) is 0 Å². The maximum absolute atomic E-state index is 13.4. The zero-order valence-electron chi connectivity index (χ0n) is 14.9. The van der Waals surface area contributed by atoms with E-state index in [1.807, 2.05) is 24.3 Å². The molecule has 0 radical (unpaired) electrons. The summed E-state index contributed by atoms with van der Waals surface area (Å²) in [5, 5.41) is 23.2. The Morgan fingerprint density at radius 3 is 2.56 bits per heavy atom. The number of hydrogen-bond acceptors (Lipinski definition) is 3. The SMILES string of the molecule is CC(NC(=O)O)c1c2c3c(ccc(O)c3c(=O)n1-c1ccccc1)CCC2. The average Bonchev–Trinajstić information content (AvgIpc) is 2.65. The molecule has 0 spiro atoms. The van der Waals surface area contributed by atoms with E-state index in [-0.39, 0.29) is 11.3 Å². The zero-order valence-corrected chi connectivity index (χ0v) is 14.9. The second-order valence-electron chi connectivity index (χ2n) is 6.86. The van der Waals surface area contributed by atoms with Crippen molar-refractivity contribution in [2.45, 2.75) is 32.2 Å². The lowest BCUT2D eigenvalue weighted by atomic mass is 9.86. The van der Waals surface area contributed by atoms with Gasteiger partial charge in [-0.15, -0.1) is 0 Å². The minimum absolute atomic E-state index is 0.0445. The standard InChI is InChI=1S/C21H20N2O4/c1-12(22-21(26)27)19-15-9-5-6-13-10-11-16(24)18(17(13)15)20(25)23(19)14-7-3-2-4-8-14/h2-4,7-8,10-12,22,24H,5-6,9H2,1H3,(H,26,27). The fraction of sp³-hybridized carbons (Fsp3) is 0.238. The van der Waals surface area contributed by atoms with Gasteiger partial charge in [-0.1, -0.05) is 24.3 Å². The van der Waals surface area contributed by atoms with Gasteiger partial charge in [0.15, 0.2) is 0 Å². The average molecular weight is 364 g/mol. The number of nitrogens with zero attached hydrogens (tertiary/aromatic N) is 1. The molecule has 1 amide bonds. The number of aromatic hydroxyl groups is 1. The Kier molecular flexibility index (Phi) is 4.11. The van der Waals surface area contributed by atoms with Crippen molar-refractivity contribution < 1.29 is 15.0 Å². The number of rotatable bonds is 3. The van der Waals surface area contributed by atoms with Crippen molar-refractivity contribution in [3.63, 3.8) is 0 Å². The molecule has 4 rings (SSSR count). The Morgan fingerprint density at radius 1 is 1.11 bits per heavy atom. The second-order valence-corrected chi connectivity index (χ2v) is 6.86.